The maximum atomic E-state index is 13.6. The standard InChI is InChI=1S/C14H20FNO2S.ClH/c1-3-16-6-4-11(5-7-16)12-8-13(15)10-14(9-12)19(2,17)18;/h8-11H,3-7H2,1-2H3;1H. The van der Waals surface area contributed by atoms with Gasteiger partial charge in [0.15, 0.2) is 9.84 Å². The van der Waals surface area contributed by atoms with Crippen molar-refractivity contribution in [1.82, 2.24) is 4.90 Å². The van der Waals surface area contributed by atoms with Crippen LogP contribution in [0.5, 0.6) is 0 Å². The summed E-state index contributed by atoms with van der Waals surface area (Å²) in [5, 5.41) is 0. The predicted octanol–water partition coefficient (Wildman–Crippen LogP) is 2.85. The summed E-state index contributed by atoms with van der Waals surface area (Å²) < 4.78 is 36.7. The molecule has 1 aliphatic rings. The van der Waals surface area contributed by atoms with Gasteiger partial charge in [0, 0.05) is 6.26 Å². The van der Waals surface area contributed by atoms with Gasteiger partial charge >= 0.3 is 0 Å². The Kier molecular flexibility index (Phi) is 5.98. The molecule has 114 valence electrons. The molecule has 0 amide bonds. The molecule has 0 aromatic heterocycles. The fraction of sp³-hybridized carbons (Fsp3) is 0.571. The highest BCUT2D eigenvalue weighted by molar-refractivity contribution is 7.90. The van der Waals surface area contributed by atoms with E-state index >= 15 is 0 Å². The molecule has 1 aromatic carbocycles. The SMILES string of the molecule is CCN1CCC(c2cc(F)cc(S(C)(=O)=O)c2)CC1.Cl. The molecule has 0 N–H and O–H groups in total. The summed E-state index contributed by atoms with van der Waals surface area (Å²) in [6, 6.07) is 4.20. The Labute approximate surface area is 126 Å². The van der Waals surface area contributed by atoms with Crippen LogP contribution in [0.2, 0.25) is 0 Å². The molecule has 0 atom stereocenters. The van der Waals surface area contributed by atoms with E-state index in [1.165, 1.54) is 6.07 Å². The van der Waals surface area contributed by atoms with Crippen molar-refractivity contribution in [1.29, 1.82) is 0 Å². The summed E-state index contributed by atoms with van der Waals surface area (Å²) in [4.78, 5) is 2.44. The fourth-order valence-electron chi connectivity index (χ4n) is 2.62. The Balaban J connectivity index is 0.00000200. The highest BCUT2D eigenvalue weighted by atomic mass is 35.5. The van der Waals surface area contributed by atoms with Gasteiger partial charge in [-0.2, -0.15) is 0 Å². The van der Waals surface area contributed by atoms with Crippen LogP contribution >= 0.6 is 12.4 Å². The third kappa shape index (κ3) is 4.17. The molecule has 1 aromatic rings. The van der Waals surface area contributed by atoms with E-state index in [1.54, 1.807) is 6.07 Å². The van der Waals surface area contributed by atoms with E-state index in [1.807, 2.05) is 0 Å². The zero-order valence-corrected chi connectivity index (χ0v) is 13.4. The van der Waals surface area contributed by atoms with Crippen molar-refractivity contribution in [2.24, 2.45) is 0 Å². The van der Waals surface area contributed by atoms with Crippen LogP contribution in [0.4, 0.5) is 4.39 Å². The molecule has 0 unspecified atom stereocenters. The van der Waals surface area contributed by atoms with Crippen LogP contribution < -0.4 is 0 Å². The van der Waals surface area contributed by atoms with Gasteiger partial charge in [0.1, 0.15) is 5.82 Å². The maximum absolute atomic E-state index is 13.6. The van der Waals surface area contributed by atoms with Crippen LogP contribution in [0.1, 0.15) is 31.2 Å². The molecule has 1 aliphatic heterocycles. The number of piperidine rings is 1. The second-order valence-corrected chi connectivity index (χ2v) is 7.22. The van der Waals surface area contributed by atoms with E-state index in [-0.39, 0.29) is 23.2 Å². The summed E-state index contributed by atoms with van der Waals surface area (Å²) in [6.45, 7) is 5.15. The molecule has 0 bridgehead atoms. The second kappa shape index (κ2) is 6.87. The Morgan fingerprint density at radius 1 is 1.25 bits per heavy atom. The lowest BCUT2D eigenvalue weighted by Gasteiger charge is -2.31. The van der Waals surface area contributed by atoms with Gasteiger partial charge in [0.2, 0.25) is 0 Å². The molecule has 6 heteroatoms. The molecule has 1 saturated heterocycles. The molecule has 1 fully saturated rings. The molecule has 20 heavy (non-hydrogen) atoms. The Bertz CT molecular complexity index is 554. The summed E-state index contributed by atoms with van der Waals surface area (Å²) in [7, 11) is -3.35. The van der Waals surface area contributed by atoms with Crippen molar-refractivity contribution in [2.45, 2.75) is 30.6 Å². The first-order valence-electron chi connectivity index (χ1n) is 6.63. The second-order valence-electron chi connectivity index (χ2n) is 5.20. The van der Waals surface area contributed by atoms with Crippen LogP contribution in [0, 0.1) is 5.82 Å². The van der Waals surface area contributed by atoms with Crippen molar-refractivity contribution in [3.63, 3.8) is 0 Å². The van der Waals surface area contributed by atoms with Crippen molar-refractivity contribution in [3.8, 4) is 0 Å². The van der Waals surface area contributed by atoms with E-state index in [0.29, 0.717) is 0 Å². The first-order valence-corrected chi connectivity index (χ1v) is 8.52. The van der Waals surface area contributed by atoms with E-state index in [0.717, 1.165) is 50.4 Å². The topological polar surface area (TPSA) is 37.4 Å². The van der Waals surface area contributed by atoms with E-state index in [2.05, 4.69) is 11.8 Å². The van der Waals surface area contributed by atoms with Crippen molar-refractivity contribution in [3.05, 3.63) is 29.6 Å². The van der Waals surface area contributed by atoms with Gasteiger partial charge in [-0.1, -0.05) is 6.92 Å². The maximum Gasteiger partial charge on any atom is 0.175 e. The smallest absolute Gasteiger partial charge is 0.175 e. The fourth-order valence-corrected chi connectivity index (χ4v) is 3.29. The van der Waals surface area contributed by atoms with Crippen LogP contribution in [-0.4, -0.2) is 39.2 Å². The largest absolute Gasteiger partial charge is 0.304 e. The first kappa shape index (κ1) is 17.4. The third-order valence-corrected chi connectivity index (χ3v) is 4.92. The third-order valence-electron chi connectivity index (χ3n) is 3.83. The Morgan fingerprint density at radius 2 is 1.85 bits per heavy atom. The first-order chi connectivity index (χ1) is 8.90. The monoisotopic (exact) mass is 321 g/mol. The minimum absolute atomic E-state index is 0. The highest BCUT2D eigenvalue weighted by Crippen LogP contribution is 2.30. The summed E-state index contributed by atoms with van der Waals surface area (Å²) in [5.74, 6) is -0.199. The molecular weight excluding hydrogens is 301 g/mol. The van der Waals surface area contributed by atoms with Gasteiger partial charge in [-0.25, -0.2) is 12.8 Å². The number of sulfone groups is 1. The van der Waals surface area contributed by atoms with Gasteiger partial charge in [0.05, 0.1) is 4.90 Å². The normalized spacial score (nSPS) is 17.8. The lowest BCUT2D eigenvalue weighted by molar-refractivity contribution is 0.222. The number of hydrogen-bond donors (Lipinski definition) is 0. The average Bonchev–Trinajstić information content (AvgIpc) is 2.37. The molecule has 3 nitrogen and oxygen atoms in total. The van der Waals surface area contributed by atoms with Gasteiger partial charge in [-0.05, 0) is 62.2 Å². The Hall–Kier alpha value is -0.650. The number of halogens is 2. The van der Waals surface area contributed by atoms with Crippen LogP contribution in [-0.2, 0) is 9.84 Å². The number of likely N-dealkylation sites (tertiary alicyclic amines) is 1. The van der Waals surface area contributed by atoms with Gasteiger partial charge < -0.3 is 4.90 Å². The molecule has 0 aliphatic carbocycles. The predicted molar refractivity (Wildman–Crippen MR) is 80.8 cm³/mol. The minimum Gasteiger partial charge on any atom is -0.304 e. The van der Waals surface area contributed by atoms with Crippen LogP contribution in [0.3, 0.4) is 0 Å². The lowest BCUT2D eigenvalue weighted by atomic mass is 9.89. The highest BCUT2D eigenvalue weighted by Gasteiger charge is 2.21. The van der Waals surface area contributed by atoms with E-state index in [4.69, 9.17) is 0 Å². The van der Waals surface area contributed by atoms with Gasteiger partial charge in [-0.15, -0.1) is 12.4 Å². The quantitative estimate of drug-likeness (QED) is 0.859. The van der Waals surface area contributed by atoms with E-state index in [9.17, 15) is 12.8 Å². The molecule has 2 rings (SSSR count). The van der Waals surface area contributed by atoms with Crippen molar-refractivity contribution < 1.29 is 12.8 Å². The van der Waals surface area contributed by atoms with E-state index < -0.39 is 15.7 Å². The molecule has 0 radical (unpaired) electrons. The summed E-state index contributed by atoms with van der Waals surface area (Å²) in [5.41, 5.74) is 0.816. The zero-order chi connectivity index (χ0) is 14.0. The number of nitrogens with zero attached hydrogens (tertiary/aromatic N) is 1. The lowest BCUT2D eigenvalue weighted by Crippen LogP contribution is -2.32. The average molecular weight is 322 g/mol. The van der Waals surface area contributed by atoms with Gasteiger partial charge in [0.25, 0.3) is 0 Å². The Morgan fingerprint density at radius 3 is 2.35 bits per heavy atom. The molecule has 0 spiro atoms. The number of rotatable bonds is 3. The number of hydrogen-bond acceptors (Lipinski definition) is 3. The summed E-state index contributed by atoms with van der Waals surface area (Å²) in [6.07, 6.45) is 3.03. The molecule has 0 saturated carbocycles. The van der Waals surface area contributed by atoms with Crippen molar-refractivity contribution in [2.75, 3.05) is 25.9 Å². The van der Waals surface area contributed by atoms with Crippen LogP contribution in [0.15, 0.2) is 23.1 Å². The van der Waals surface area contributed by atoms with Crippen LogP contribution in [0.25, 0.3) is 0 Å². The molecular formula is C14H21ClFNO2S. The molecule has 1 heterocycles. The minimum atomic E-state index is -3.35. The summed E-state index contributed by atoms with van der Waals surface area (Å²) >= 11 is 0. The number of benzene rings is 1. The van der Waals surface area contributed by atoms with Gasteiger partial charge in [-0.3, -0.25) is 0 Å². The van der Waals surface area contributed by atoms with Crippen molar-refractivity contribution >= 4 is 22.2 Å². The zero-order valence-electron chi connectivity index (χ0n) is 11.8.